The average molecular weight is 497 g/mol. The van der Waals surface area contributed by atoms with Crippen LogP contribution in [0.25, 0.3) is 0 Å². The smallest absolute Gasteiger partial charge is 0.187 e. The molecule has 14 nitrogen and oxygen atoms in total. The third-order valence-corrected chi connectivity index (χ3v) is 6.89. The Labute approximate surface area is 194 Å². The lowest BCUT2D eigenvalue weighted by Gasteiger charge is -2.45. The summed E-state index contributed by atoms with van der Waals surface area (Å²) < 4.78 is 10.8. The number of aliphatic hydroxyl groups excluding tert-OH is 11. The van der Waals surface area contributed by atoms with Crippen molar-refractivity contribution in [1.82, 2.24) is 5.32 Å². The summed E-state index contributed by atoms with van der Waals surface area (Å²) in [5.74, 6) is -0.745. The lowest BCUT2D eigenvalue weighted by atomic mass is 9.78. The molecular weight excluding hydrogens is 462 g/mol. The Morgan fingerprint density at radius 1 is 0.765 bits per heavy atom. The maximum atomic E-state index is 10.7. The molecule has 14 heteroatoms. The summed E-state index contributed by atoms with van der Waals surface area (Å²) in [6, 6.07) is -1.94. The minimum absolute atomic E-state index is 0.0440. The van der Waals surface area contributed by atoms with Crippen LogP contribution in [0.2, 0.25) is 0 Å². The summed E-state index contributed by atoms with van der Waals surface area (Å²) in [5, 5.41) is 113. The first-order valence-electron chi connectivity index (χ1n) is 11.1. The molecule has 0 aromatic rings. The summed E-state index contributed by atoms with van der Waals surface area (Å²) in [7, 11) is 0. The van der Waals surface area contributed by atoms with Crippen molar-refractivity contribution in [2.24, 2.45) is 5.92 Å². The highest BCUT2D eigenvalue weighted by Gasteiger charge is 2.49. The van der Waals surface area contributed by atoms with E-state index in [1.807, 2.05) is 0 Å². The Hall–Kier alpha value is -0.820. The zero-order valence-corrected chi connectivity index (χ0v) is 18.2. The van der Waals surface area contributed by atoms with Crippen molar-refractivity contribution < 1.29 is 65.6 Å². The summed E-state index contributed by atoms with van der Waals surface area (Å²) in [4.78, 5) is 0. The highest BCUT2D eigenvalue weighted by molar-refractivity contribution is 5.23. The molecule has 0 spiro atoms. The van der Waals surface area contributed by atoms with Gasteiger partial charge in [-0.3, -0.25) is 0 Å². The highest BCUT2D eigenvalue weighted by Crippen LogP contribution is 2.31. The van der Waals surface area contributed by atoms with Crippen LogP contribution in [0.4, 0.5) is 0 Å². The van der Waals surface area contributed by atoms with Gasteiger partial charge in [0.2, 0.25) is 0 Å². The fourth-order valence-corrected chi connectivity index (χ4v) is 4.74. The van der Waals surface area contributed by atoms with Crippen molar-refractivity contribution >= 4 is 0 Å². The first-order chi connectivity index (χ1) is 16.0. The van der Waals surface area contributed by atoms with Crippen LogP contribution in [0.1, 0.15) is 6.42 Å². The molecule has 3 aliphatic rings. The van der Waals surface area contributed by atoms with Gasteiger partial charge in [0.05, 0.1) is 31.5 Å². The second-order valence-electron chi connectivity index (χ2n) is 9.08. The van der Waals surface area contributed by atoms with Gasteiger partial charge < -0.3 is 71.0 Å². The standard InChI is InChI=1S/C20H35NO13/c22-3-6-1-8(12(26)15(29)11(6)25)21-9-2-7(4-23)19(17(31)13(9)27)34-20-18(32)16(30)14(28)10(5-24)33-20/h2,6,8-32H,1,3-5H2/t6-,8+,9+,10-,11-,12+,13+,14-,15+,16+,17-,18-,19-,20+/m1/s1. The minimum Gasteiger partial charge on any atom is -0.396 e. The number of aliphatic hydroxyl groups is 11. The quantitative estimate of drug-likeness (QED) is 0.146. The molecule has 34 heavy (non-hydrogen) atoms. The Bertz CT molecular complexity index is 693. The van der Waals surface area contributed by atoms with E-state index in [0.29, 0.717) is 0 Å². The maximum absolute atomic E-state index is 10.7. The lowest BCUT2D eigenvalue weighted by Crippen LogP contribution is -2.64. The lowest BCUT2D eigenvalue weighted by molar-refractivity contribution is -0.316. The predicted molar refractivity (Wildman–Crippen MR) is 110 cm³/mol. The molecule has 0 aromatic heterocycles. The molecule has 0 unspecified atom stereocenters. The molecule has 0 amide bonds. The van der Waals surface area contributed by atoms with Crippen LogP contribution in [0.15, 0.2) is 11.6 Å². The molecule has 0 radical (unpaired) electrons. The molecule has 1 saturated heterocycles. The molecule has 2 fully saturated rings. The monoisotopic (exact) mass is 497 g/mol. The van der Waals surface area contributed by atoms with Gasteiger partial charge in [-0.2, -0.15) is 0 Å². The zero-order chi connectivity index (χ0) is 25.3. The van der Waals surface area contributed by atoms with Crippen molar-refractivity contribution in [1.29, 1.82) is 0 Å². The van der Waals surface area contributed by atoms with E-state index in [1.165, 1.54) is 6.08 Å². The van der Waals surface area contributed by atoms with Crippen molar-refractivity contribution in [3.05, 3.63) is 11.6 Å². The Balaban J connectivity index is 1.76. The fourth-order valence-electron chi connectivity index (χ4n) is 4.74. The number of nitrogens with one attached hydrogen (secondary N) is 1. The van der Waals surface area contributed by atoms with E-state index < -0.39 is 105 Å². The molecular formula is C20H35NO13. The minimum atomic E-state index is -1.77. The number of ether oxygens (including phenoxy) is 2. The van der Waals surface area contributed by atoms with Gasteiger partial charge in [-0.15, -0.1) is 0 Å². The predicted octanol–water partition coefficient (Wildman–Crippen LogP) is -6.75. The first-order valence-corrected chi connectivity index (χ1v) is 11.1. The van der Waals surface area contributed by atoms with E-state index in [4.69, 9.17) is 9.47 Å². The fraction of sp³-hybridized carbons (Fsp3) is 0.900. The summed E-state index contributed by atoms with van der Waals surface area (Å²) >= 11 is 0. The summed E-state index contributed by atoms with van der Waals surface area (Å²) in [5.41, 5.74) is 0.0526. The van der Waals surface area contributed by atoms with Gasteiger partial charge in [-0.05, 0) is 12.0 Å². The van der Waals surface area contributed by atoms with Crippen LogP contribution >= 0.6 is 0 Å². The van der Waals surface area contributed by atoms with E-state index in [0.717, 1.165) is 0 Å². The van der Waals surface area contributed by atoms with Gasteiger partial charge in [0.25, 0.3) is 0 Å². The molecule has 1 saturated carbocycles. The van der Waals surface area contributed by atoms with E-state index in [9.17, 15) is 56.2 Å². The molecule has 2 aliphatic carbocycles. The molecule has 1 aliphatic heterocycles. The van der Waals surface area contributed by atoms with Gasteiger partial charge >= 0.3 is 0 Å². The normalized spacial score (nSPS) is 50.1. The van der Waals surface area contributed by atoms with E-state index in [-0.39, 0.29) is 12.0 Å². The Morgan fingerprint density at radius 3 is 2.00 bits per heavy atom. The second-order valence-corrected chi connectivity index (χ2v) is 9.08. The average Bonchev–Trinajstić information content (AvgIpc) is 2.83. The maximum Gasteiger partial charge on any atom is 0.187 e. The van der Waals surface area contributed by atoms with E-state index >= 15 is 0 Å². The third-order valence-electron chi connectivity index (χ3n) is 6.89. The third kappa shape index (κ3) is 5.30. The van der Waals surface area contributed by atoms with E-state index in [2.05, 4.69) is 5.32 Å². The summed E-state index contributed by atoms with van der Waals surface area (Å²) in [6.45, 7) is -1.81. The zero-order valence-electron chi connectivity index (χ0n) is 18.2. The van der Waals surface area contributed by atoms with Gasteiger partial charge in [-0.1, -0.05) is 6.08 Å². The van der Waals surface area contributed by atoms with Crippen molar-refractivity contribution in [3.63, 3.8) is 0 Å². The van der Waals surface area contributed by atoms with Gasteiger partial charge in [0.15, 0.2) is 6.29 Å². The van der Waals surface area contributed by atoms with Crippen LogP contribution in [0, 0.1) is 5.92 Å². The topological polar surface area (TPSA) is 253 Å². The van der Waals surface area contributed by atoms with Crippen LogP contribution in [0.5, 0.6) is 0 Å². The first kappa shape index (κ1) is 27.8. The molecule has 0 aromatic carbocycles. The van der Waals surface area contributed by atoms with Crippen LogP contribution in [-0.4, -0.2) is 155 Å². The Kier molecular flexibility index (Phi) is 9.38. The SMILES string of the molecule is OCC1=C[C@H](N[C@H]2C[C@H](CO)[C@@H](O)[C@H](O)[C@H]2O)[C@H](O)[C@@H](O)[C@@H]1O[C@@H]1O[C@H](CO)[C@@H](O)[C@H](O)[C@H]1O. The van der Waals surface area contributed by atoms with Crippen LogP contribution < -0.4 is 5.32 Å². The van der Waals surface area contributed by atoms with Gasteiger partial charge in [-0.25, -0.2) is 0 Å². The number of hydrogen-bond donors (Lipinski definition) is 12. The molecule has 12 N–H and O–H groups in total. The molecule has 0 bridgehead atoms. The molecule has 14 atom stereocenters. The molecule has 1 heterocycles. The van der Waals surface area contributed by atoms with Crippen molar-refractivity contribution in [2.45, 2.75) is 85.8 Å². The summed E-state index contributed by atoms with van der Waals surface area (Å²) in [6.07, 6.45) is -15.7. The second kappa shape index (κ2) is 11.5. The van der Waals surface area contributed by atoms with Gasteiger partial charge in [0.1, 0.15) is 48.8 Å². The van der Waals surface area contributed by atoms with Crippen molar-refractivity contribution in [2.75, 3.05) is 19.8 Å². The Morgan fingerprint density at radius 2 is 1.41 bits per heavy atom. The van der Waals surface area contributed by atoms with Crippen LogP contribution in [-0.2, 0) is 9.47 Å². The highest BCUT2D eigenvalue weighted by atomic mass is 16.7. The molecule has 198 valence electrons. The number of hydrogen-bond acceptors (Lipinski definition) is 14. The number of rotatable bonds is 7. The van der Waals surface area contributed by atoms with Crippen LogP contribution in [0.3, 0.4) is 0 Å². The van der Waals surface area contributed by atoms with E-state index in [1.54, 1.807) is 0 Å². The molecule has 3 rings (SSSR count). The largest absolute Gasteiger partial charge is 0.396 e. The van der Waals surface area contributed by atoms with Crippen molar-refractivity contribution in [3.8, 4) is 0 Å². The van der Waals surface area contributed by atoms with Gasteiger partial charge in [0, 0.05) is 18.6 Å².